The van der Waals surface area contributed by atoms with Crippen LogP contribution in [0.5, 0.6) is 5.75 Å². The van der Waals surface area contributed by atoms with Gasteiger partial charge in [0.2, 0.25) is 0 Å². The van der Waals surface area contributed by atoms with Gasteiger partial charge in [0.15, 0.2) is 5.69 Å². The van der Waals surface area contributed by atoms with E-state index in [4.69, 9.17) is 4.74 Å². The molecule has 0 aliphatic carbocycles. The van der Waals surface area contributed by atoms with Gasteiger partial charge in [-0.3, -0.25) is 4.79 Å². The Kier molecular flexibility index (Phi) is 5.58. The zero-order chi connectivity index (χ0) is 19.5. The van der Waals surface area contributed by atoms with Crippen molar-refractivity contribution in [2.45, 2.75) is 45.5 Å². The summed E-state index contributed by atoms with van der Waals surface area (Å²) in [5, 5.41) is 10.3. The standard InChI is InChI=1S/C17H21F3N4O2/c1-11(10-26-14-8-6-5-7-12(14)17(18,19)20)21-15(25)13-9-24(23-22-13)16(2,3)4/h5-9,11H,10H2,1-4H3,(H,21,25). The predicted octanol–water partition coefficient (Wildman–Crippen LogP) is 3.25. The molecule has 1 heterocycles. The molecule has 1 N–H and O–H groups in total. The van der Waals surface area contributed by atoms with E-state index in [9.17, 15) is 18.0 Å². The van der Waals surface area contributed by atoms with Crippen molar-refractivity contribution in [2.24, 2.45) is 0 Å². The molecule has 1 aromatic carbocycles. The number of carbonyl (C=O) groups excluding carboxylic acids is 1. The highest BCUT2D eigenvalue weighted by Gasteiger charge is 2.34. The molecule has 1 amide bonds. The third-order valence-electron chi connectivity index (χ3n) is 3.47. The van der Waals surface area contributed by atoms with Crippen molar-refractivity contribution in [3.63, 3.8) is 0 Å². The second-order valence-electron chi connectivity index (χ2n) is 6.90. The second kappa shape index (κ2) is 7.35. The lowest BCUT2D eigenvalue weighted by atomic mass is 10.1. The van der Waals surface area contributed by atoms with Crippen LogP contribution in [0, 0.1) is 0 Å². The van der Waals surface area contributed by atoms with E-state index in [1.54, 1.807) is 11.6 Å². The Bertz CT molecular complexity index is 766. The summed E-state index contributed by atoms with van der Waals surface area (Å²) in [6, 6.07) is 4.41. The number of alkyl halides is 3. The Hall–Kier alpha value is -2.58. The van der Waals surface area contributed by atoms with Crippen molar-refractivity contribution >= 4 is 5.91 Å². The molecule has 0 aliphatic rings. The van der Waals surface area contributed by atoms with Gasteiger partial charge in [-0.05, 0) is 39.8 Å². The fourth-order valence-electron chi connectivity index (χ4n) is 2.08. The van der Waals surface area contributed by atoms with Crippen molar-refractivity contribution < 1.29 is 22.7 Å². The van der Waals surface area contributed by atoms with Crippen LogP contribution in [0.2, 0.25) is 0 Å². The molecule has 1 unspecified atom stereocenters. The lowest BCUT2D eigenvalue weighted by molar-refractivity contribution is -0.139. The van der Waals surface area contributed by atoms with Gasteiger partial charge in [0, 0.05) is 0 Å². The van der Waals surface area contributed by atoms with Gasteiger partial charge in [-0.1, -0.05) is 17.3 Å². The Morgan fingerprint density at radius 3 is 2.50 bits per heavy atom. The highest BCUT2D eigenvalue weighted by Crippen LogP contribution is 2.35. The first-order valence-electron chi connectivity index (χ1n) is 8.01. The monoisotopic (exact) mass is 370 g/mol. The number of benzene rings is 1. The molecule has 0 saturated heterocycles. The number of nitrogens with one attached hydrogen (secondary N) is 1. The SMILES string of the molecule is CC(COc1ccccc1C(F)(F)F)NC(=O)c1cn(C(C)(C)C)nn1. The van der Waals surface area contributed by atoms with Crippen LogP contribution in [0.15, 0.2) is 30.5 Å². The largest absolute Gasteiger partial charge is 0.491 e. The summed E-state index contributed by atoms with van der Waals surface area (Å²) >= 11 is 0. The zero-order valence-electron chi connectivity index (χ0n) is 15.0. The molecule has 1 atom stereocenters. The van der Waals surface area contributed by atoms with Gasteiger partial charge in [0.1, 0.15) is 12.4 Å². The molecule has 0 saturated carbocycles. The maximum atomic E-state index is 12.9. The van der Waals surface area contributed by atoms with Crippen LogP contribution in [0.4, 0.5) is 13.2 Å². The Labute approximate surface area is 149 Å². The van der Waals surface area contributed by atoms with Crippen molar-refractivity contribution in [3.8, 4) is 5.75 Å². The number of amides is 1. The first kappa shape index (κ1) is 19.7. The summed E-state index contributed by atoms with van der Waals surface area (Å²) in [4.78, 5) is 12.2. The Balaban J connectivity index is 1.96. The highest BCUT2D eigenvalue weighted by atomic mass is 19.4. The van der Waals surface area contributed by atoms with Gasteiger partial charge in [-0.25, -0.2) is 4.68 Å². The number of ether oxygens (including phenoxy) is 1. The normalized spacial score (nSPS) is 13.3. The lowest BCUT2D eigenvalue weighted by Crippen LogP contribution is -2.37. The van der Waals surface area contributed by atoms with Crippen LogP contribution < -0.4 is 10.1 Å². The molecule has 0 spiro atoms. The molecule has 9 heteroatoms. The molecule has 1 aromatic heterocycles. The van der Waals surface area contributed by atoms with Gasteiger partial charge in [0.05, 0.1) is 23.3 Å². The molecule has 2 aromatic rings. The fraction of sp³-hybridized carbons (Fsp3) is 0.471. The van der Waals surface area contributed by atoms with Crippen LogP contribution in [0.25, 0.3) is 0 Å². The van der Waals surface area contributed by atoms with Crippen LogP contribution in [0.3, 0.4) is 0 Å². The van der Waals surface area contributed by atoms with E-state index in [1.165, 1.54) is 24.4 Å². The predicted molar refractivity (Wildman–Crippen MR) is 88.9 cm³/mol. The van der Waals surface area contributed by atoms with E-state index in [2.05, 4.69) is 15.6 Å². The minimum Gasteiger partial charge on any atom is -0.491 e. The van der Waals surface area contributed by atoms with Crippen molar-refractivity contribution in [1.29, 1.82) is 0 Å². The summed E-state index contributed by atoms with van der Waals surface area (Å²) in [6.07, 6.45) is -2.99. The fourth-order valence-corrected chi connectivity index (χ4v) is 2.08. The Morgan fingerprint density at radius 1 is 1.27 bits per heavy atom. The minimum atomic E-state index is -4.51. The summed E-state index contributed by atoms with van der Waals surface area (Å²) in [5.74, 6) is -0.750. The number of aromatic nitrogens is 3. The van der Waals surface area contributed by atoms with Crippen molar-refractivity contribution in [3.05, 3.63) is 41.7 Å². The third-order valence-corrected chi connectivity index (χ3v) is 3.47. The molecule has 0 radical (unpaired) electrons. The number of halogens is 3. The zero-order valence-corrected chi connectivity index (χ0v) is 15.0. The quantitative estimate of drug-likeness (QED) is 0.877. The van der Waals surface area contributed by atoms with Gasteiger partial charge in [-0.15, -0.1) is 5.10 Å². The average Bonchev–Trinajstić information content (AvgIpc) is 3.02. The van der Waals surface area contributed by atoms with Crippen molar-refractivity contribution in [2.75, 3.05) is 6.61 Å². The molecule has 142 valence electrons. The molecule has 26 heavy (non-hydrogen) atoms. The van der Waals surface area contributed by atoms with Crippen LogP contribution >= 0.6 is 0 Å². The maximum Gasteiger partial charge on any atom is 0.419 e. The van der Waals surface area contributed by atoms with E-state index in [0.717, 1.165) is 6.07 Å². The second-order valence-corrected chi connectivity index (χ2v) is 6.90. The summed E-state index contributed by atoms with van der Waals surface area (Å²) in [7, 11) is 0. The lowest BCUT2D eigenvalue weighted by Gasteiger charge is -2.18. The minimum absolute atomic E-state index is 0.119. The molecule has 0 bridgehead atoms. The van der Waals surface area contributed by atoms with E-state index in [-0.39, 0.29) is 23.6 Å². The van der Waals surface area contributed by atoms with Gasteiger partial charge >= 0.3 is 6.18 Å². The Morgan fingerprint density at radius 2 is 1.92 bits per heavy atom. The van der Waals surface area contributed by atoms with Gasteiger partial charge in [-0.2, -0.15) is 13.2 Å². The van der Waals surface area contributed by atoms with E-state index >= 15 is 0 Å². The number of nitrogens with zero attached hydrogens (tertiary/aromatic N) is 3. The van der Waals surface area contributed by atoms with E-state index < -0.39 is 23.7 Å². The van der Waals surface area contributed by atoms with E-state index in [0.29, 0.717) is 0 Å². The first-order valence-corrected chi connectivity index (χ1v) is 8.01. The molecule has 2 rings (SSSR count). The van der Waals surface area contributed by atoms with E-state index in [1.807, 2.05) is 20.8 Å². The molecule has 6 nitrogen and oxygen atoms in total. The number of hydrogen-bond donors (Lipinski definition) is 1. The number of para-hydroxylation sites is 1. The third kappa shape index (κ3) is 4.96. The molecular weight excluding hydrogens is 349 g/mol. The highest BCUT2D eigenvalue weighted by molar-refractivity contribution is 5.92. The molecule has 0 fully saturated rings. The number of rotatable bonds is 5. The summed E-state index contributed by atoms with van der Waals surface area (Å²) in [5.41, 5.74) is -1.05. The maximum absolute atomic E-state index is 12.9. The smallest absolute Gasteiger partial charge is 0.419 e. The van der Waals surface area contributed by atoms with Crippen molar-refractivity contribution in [1.82, 2.24) is 20.3 Å². The number of hydrogen-bond acceptors (Lipinski definition) is 4. The van der Waals surface area contributed by atoms with Crippen LogP contribution in [0.1, 0.15) is 43.7 Å². The van der Waals surface area contributed by atoms with Crippen LogP contribution in [-0.4, -0.2) is 33.5 Å². The average molecular weight is 370 g/mol. The number of carbonyl (C=O) groups is 1. The van der Waals surface area contributed by atoms with Gasteiger partial charge < -0.3 is 10.1 Å². The first-order chi connectivity index (χ1) is 12.0. The summed E-state index contributed by atoms with van der Waals surface area (Å²) < 4.78 is 45.6. The molecule has 0 aliphatic heterocycles. The molecular formula is C17H21F3N4O2. The van der Waals surface area contributed by atoms with Gasteiger partial charge in [0.25, 0.3) is 5.91 Å². The van der Waals surface area contributed by atoms with Crippen LogP contribution in [-0.2, 0) is 11.7 Å². The topological polar surface area (TPSA) is 69.0 Å². The summed E-state index contributed by atoms with van der Waals surface area (Å²) in [6.45, 7) is 7.25.